The summed E-state index contributed by atoms with van der Waals surface area (Å²) in [6, 6.07) is 13.8. The van der Waals surface area contributed by atoms with E-state index in [0.717, 1.165) is 63.0 Å². The molecular formula is C31H42FN7O5. The first-order chi connectivity index (χ1) is 21.3. The van der Waals surface area contributed by atoms with Gasteiger partial charge < -0.3 is 35.8 Å². The van der Waals surface area contributed by atoms with Gasteiger partial charge >= 0.3 is 0 Å². The summed E-state index contributed by atoms with van der Waals surface area (Å²) in [6.07, 6.45) is 4.57. The normalized spacial score (nSPS) is 14.6. The summed E-state index contributed by atoms with van der Waals surface area (Å²) in [4.78, 5) is 21.9. The third kappa shape index (κ3) is 10.0. The lowest BCUT2D eigenvalue weighted by Gasteiger charge is -2.30. The zero-order valence-electron chi connectivity index (χ0n) is 25.0. The molecule has 1 saturated heterocycles. The first-order valence-corrected chi connectivity index (χ1v) is 14.9. The highest BCUT2D eigenvalue weighted by Crippen LogP contribution is 2.26. The van der Waals surface area contributed by atoms with Crippen LogP contribution < -0.4 is 26.2 Å². The maximum absolute atomic E-state index is 14.6. The number of benzene rings is 2. The molecule has 0 aliphatic carbocycles. The summed E-state index contributed by atoms with van der Waals surface area (Å²) >= 11 is 0. The van der Waals surface area contributed by atoms with Crippen molar-refractivity contribution in [2.45, 2.75) is 44.8 Å². The third-order valence-corrected chi connectivity index (χ3v) is 7.49. The smallest absolute Gasteiger partial charge is 0.229 e. The number of aliphatic hydroxyl groups is 1. The number of nitrogens with two attached hydrogens (primary N) is 1. The number of aromatic nitrogens is 2. The van der Waals surface area contributed by atoms with E-state index in [2.05, 4.69) is 25.5 Å². The fourth-order valence-electron chi connectivity index (χ4n) is 4.96. The molecule has 1 amide bonds. The molecule has 6 N–H and O–H groups in total. The molecule has 1 aliphatic rings. The van der Waals surface area contributed by atoms with Crippen molar-refractivity contribution in [3.8, 4) is 5.75 Å². The number of piperidine rings is 1. The zero-order valence-corrected chi connectivity index (χ0v) is 25.0. The van der Waals surface area contributed by atoms with Crippen molar-refractivity contribution < 1.29 is 29.0 Å². The molecule has 1 aliphatic heterocycles. The van der Waals surface area contributed by atoms with Crippen LogP contribution in [0.15, 0.2) is 54.7 Å². The minimum Gasteiger partial charge on any atom is -0.491 e. The van der Waals surface area contributed by atoms with Gasteiger partial charge in [-0.1, -0.05) is 12.5 Å². The number of primary amides is 1. The highest BCUT2D eigenvalue weighted by molar-refractivity contribution is 5.76. The van der Waals surface area contributed by atoms with E-state index >= 15 is 0 Å². The minimum atomic E-state index is -1.10. The SMILES string of the molecule is COCCOc1ccc(Nc2ncc(F)c(Nc3cccc(N(O)C(O)CCCCCN4CCC(C(N)=O)CC4)c3)n2)cc1. The van der Waals surface area contributed by atoms with Crippen LogP contribution in [0.1, 0.15) is 38.5 Å². The lowest BCUT2D eigenvalue weighted by molar-refractivity contribution is -0.123. The molecule has 1 atom stereocenters. The number of amides is 1. The van der Waals surface area contributed by atoms with Gasteiger partial charge in [0.05, 0.1) is 18.5 Å². The Morgan fingerprint density at radius 1 is 1.11 bits per heavy atom. The highest BCUT2D eigenvalue weighted by atomic mass is 19.1. The number of carbonyl (C=O) groups is 1. The number of carbonyl (C=O) groups excluding carboxylic acids is 1. The first-order valence-electron chi connectivity index (χ1n) is 14.9. The molecule has 0 radical (unpaired) electrons. The Morgan fingerprint density at radius 3 is 2.61 bits per heavy atom. The number of methoxy groups -OCH3 is 1. The quantitative estimate of drug-likeness (QED) is 0.0837. The first kappa shape index (κ1) is 32.9. The van der Waals surface area contributed by atoms with Crippen molar-refractivity contribution in [1.29, 1.82) is 0 Å². The Morgan fingerprint density at radius 2 is 1.89 bits per heavy atom. The fourth-order valence-corrected chi connectivity index (χ4v) is 4.96. The Labute approximate surface area is 257 Å². The molecule has 4 rings (SSSR count). The van der Waals surface area contributed by atoms with Crippen LogP contribution in [0.25, 0.3) is 0 Å². The van der Waals surface area contributed by atoms with Gasteiger partial charge in [0.25, 0.3) is 0 Å². The molecule has 1 aromatic heterocycles. The predicted octanol–water partition coefficient (Wildman–Crippen LogP) is 4.40. The topological polar surface area (TPSA) is 158 Å². The van der Waals surface area contributed by atoms with Crippen LogP contribution >= 0.6 is 0 Å². The second kappa shape index (κ2) is 16.7. The number of hydroxylamine groups is 1. The highest BCUT2D eigenvalue weighted by Gasteiger charge is 2.22. The van der Waals surface area contributed by atoms with Gasteiger partial charge in [0.2, 0.25) is 11.9 Å². The van der Waals surface area contributed by atoms with Gasteiger partial charge in [0, 0.05) is 24.4 Å². The summed E-state index contributed by atoms with van der Waals surface area (Å²) in [5, 5.41) is 28.0. The summed E-state index contributed by atoms with van der Waals surface area (Å²) in [6.45, 7) is 3.62. The number of nitrogens with zero attached hydrogens (tertiary/aromatic N) is 4. The Kier molecular flexibility index (Phi) is 12.5. The van der Waals surface area contributed by atoms with Crippen molar-refractivity contribution in [3.63, 3.8) is 0 Å². The molecule has 2 heterocycles. The number of likely N-dealkylation sites (tertiary alicyclic amines) is 1. The van der Waals surface area contributed by atoms with E-state index in [4.69, 9.17) is 15.2 Å². The number of unbranched alkanes of at least 4 members (excludes halogenated alkanes) is 2. The molecule has 0 saturated carbocycles. The molecular weight excluding hydrogens is 569 g/mol. The van der Waals surface area contributed by atoms with Crippen LogP contribution in [0.5, 0.6) is 5.75 Å². The number of ether oxygens (including phenoxy) is 2. The summed E-state index contributed by atoms with van der Waals surface area (Å²) in [5.74, 6) is -0.0500. The van der Waals surface area contributed by atoms with Gasteiger partial charge in [0.1, 0.15) is 12.4 Å². The average Bonchev–Trinajstić information content (AvgIpc) is 3.03. The van der Waals surface area contributed by atoms with E-state index in [0.29, 0.717) is 42.4 Å². The predicted molar refractivity (Wildman–Crippen MR) is 166 cm³/mol. The molecule has 1 unspecified atom stereocenters. The van der Waals surface area contributed by atoms with Crippen LogP contribution in [0.4, 0.5) is 33.2 Å². The minimum absolute atomic E-state index is 0.0123. The average molecular weight is 612 g/mol. The van der Waals surface area contributed by atoms with Crippen LogP contribution in [0, 0.1) is 11.7 Å². The summed E-state index contributed by atoms with van der Waals surface area (Å²) < 4.78 is 25.1. The third-order valence-electron chi connectivity index (χ3n) is 7.49. The van der Waals surface area contributed by atoms with Crippen LogP contribution in [-0.4, -0.2) is 77.3 Å². The van der Waals surface area contributed by atoms with Crippen molar-refractivity contribution in [3.05, 3.63) is 60.5 Å². The van der Waals surface area contributed by atoms with Crippen LogP contribution in [0.3, 0.4) is 0 Å². The number of rotatable bonds is 17. The summed E-state index contributed by atoms with van der Waals surface area (Å²) in [5.41, 5.74) is 6.91. The van der Waals surface area contributed by atoms with E-state index in [1.54, 1.807) is 55.6 Å². The van der Waals surface area contributed by atoms with Crippen molar-refractivity contribution in [2.24, 2.45) is 11.7 Å². The number of halogens is 1. The molecule has 238 valence electrons. The number of anilines is 5. The molecule has 44 heavy (non-hydrogen) atoms. The zero-order chi connectivity index (χ0) is 31.3. The van der Waals surface area contributed by atoms with Gasteiger partial charge in [-0.25, -0.2) is 14.4 Å². The fraction of sp³-hybridized carbons (Fsp3) is 0.452. The lowest BCUT2D eigenvalue weighted by Crippen LogP contribution is -2.38. The molecule has 0 bridgehead atoms. The maximum Gasteiger partial charge on any atom is 0.229 e. The van der Waals surface area contributed by atoms with Crippen molar-refractivity contribution in [1.82, 2.24) is 14.9 Å². The number of hydrogen-bond donors (Lipinski definition) is 5. The van der Waals surface area contributed by atoms with Gasteiger partial charge in [-0.3, -0.25) is 10.0 Å². The van der Waals surface area contributed by atoms with Crippen molar-refractivity contribution in [2.75, 3.05) is 55.7 Å². The molecule has 2 aromatic carbocycles. The molecule has 12 nitrogen and oxygen atoms in total. The number of aliphatic hydroxyl groups excluding tert-OH is 1. The van der Waals surface area contributed by atoms with E-state index < -0.39 is 12.0 Å². The summed E-state index contributed by atoms with van der Waals surface area (Å²) in [7, 11) is 1.61. The maximum atomic E-state index is 14.6. The Balaban J connectivity index is 1.24. The molecule has 1 fully saturated rings. The lowest BCUT2D eigenvalue weighted by atomic mass is 9.96. The van der Waals surface area contributed by atoms with Gasteiger partial charge in [-0.05, 0) is 94.2 Å². The Hall–Kier alpha value is -4.04. The van der Waals surface area contributed by atoms with Gasteiger partial charge in [0.15, 0.2) is 17.9 Å². The second-order valence-corrected chi connectivity index (χ2v) is 10.7. The van der Waals surface area contributed by atoms with Crippen LogP contribution in [-0.2, 0) is 9.53 Å². The van der Waals surface area contributed by atoms with E-state index in [1.807, 2.05) is 0 Å². The van der Waals surface area contributed by atoms with Crippen molar-refractivity contribution >= 4 is 34.7 Å². The molecule has 0 spiro atoms. The van der Waals surface area contributed by atoms with Gasteiger partial charge in [-0.2, -0.15) is 4.98 Å². The largest absolute Gasteiger partial charge is 0.491 e. The van der Waals surface area contributed by atoms with E-state index in [-0.39, 0.29) is 23.6 Å². The standard InChI is InChI=1S/C31H42FN7O5/c1-43-18-19-44-26-11-9-23(10-12-26)36-31-34-21-27(32)30(37-31)35-24-6-5-7-25(20-24)39(42)28(40)8-3-2-4-15-38-16-13-22(14-17-38)29(33)41/h5-7,9-12,20-22,28,40,42H,2-4,8,13-19H2,1H3,(H2,33,41)(H2,34,35,36,37). The van der Waals surface area contributed by atoms with Crippen LogP contribution in [0.2, 0.25) is 0 Å². The van der Waals surface area contributed by atoms with E-state index in [1.165, 1.54) is 0 Å². The number of nitrogens with one attached hydrogen (secondary N) is 2. The Bertz CT molecular complexity index is 1330. The second-order valence-electron chi connectivity index (χ2n) is 10.7. The molecule has 13 heteroatoms. The molecule has 3 aromatic rings. The van der Waals surface area contributed by atoms with E-state index in [9.17, 15) is 19.5 Å². The number of hydrogen-bond acceptors (Lipinski definition) is 11. The monoisotopic (exact) mass is 611 g/mol. The van der Waals surface area contributed by atoms with Gasteiger partial charge in [-0.15, -0.1) is 0 Å².